The van der Waals surface area contributed by atoms with E-state index in [0.29, 0.717) is 12.5 Å². The Kier molecular flexibility index (Phi) is 8.39. The molecule has 1 aromatic carbocycles. The third-order valence-electron chi connectivity index (χ3n) is 4.04. The Balaban J connectivity index is 0.00000338. The predicted octanol–water partition coefficient (Wildman–Crippen LogP) is 3.44. The van der Waals surface area contributed by atoms with Gasteiger partial charge in [-0.05, 0) is 39.8 Å². The molecule has 144 valence electrons. The van der Waals surface area contributed by atoms with Gasteiger partial charge in [0.05, 0.1) is 18.0 Å². The monoisotopic (exact) mass is 472 g/mol. The Bertz CT molecular complexity index is 722. The Morgan fingerprint density at radius 2 is 2.00 bits per heavy atom. The first-order chi connectivity index (χ1) is 11.9. The second-order valence-corrected chi connectivity index (χ2v) is 6.71. The van der Waals surface area contributed by atoms with E-state index in [0.717, 1.165) is 23.3 Å². The van der Waals surface area contributed by atoms with Crippen molar-refractivity contribution in [2.75, 3.05) is 20.1 Å². The fourth-order valence-electron chi connectivity index (χ4n) is 2.50. The fourth-order valence-corrected chi connectivity index (χ4v) is 2.50. The van der Waals surface area contributed by atoms with E-state index in [4.69, 9.17) is 4.42 Å². The number of furan rings is 1. The van der Waals surface area contributed by atoms with E-state index in [1.165, 1.54) is 0 Å². The first-order valence-corrected chi connectivity index (χ1v) is 8.63. The van der Waals surface area contributed by atoms with Gasteiger partial charge in [0.15, 0.2) is 5.96 Å². The number of nitrogens with one attached hydrogen (secondary N) is 3. The second-order valence-electron chi connectivity index (χ2n) is 6.71. The number of halogens is 1. The van der Waals surface area contributed by atoms with Crippen molar-refractivity contribution >= 4 is 46.8 Å². The molecule has 0 aliphatic rings. The van der Waals surface area contributed by atoms with Crippen molar-refractivity contribution in [3.63, 3.8) is 0 Å². The van der Waals surface area contributed by atoms with Gasteiger partial charge in [0.1, 0.15) is 11.3 Å². The van der Waals surface area contributed by atoms with Crippen LogP contribution >= 0.6 is 24.0 Å². The fraction of sp³-hybridized carbons (Fsp3) is 0.474. The van der Waals surface area contributed by atoms with Crippen molar-refractivity contribution in [2.24, 2.45) is 10.4 Å². The number of benzene rings is 1. The molecule has 1 amide bonds. The van der Waals surface area contributed by atoms with Crippen molar-refractivity contribution in [2.45, 2.75) is 33.7 Å². The standard InChI is InChI=1S/C19H28N4O2.HI/c1-6-21-18(22-12-19(3,4)17(24)20-5)23-13(2)16-11-14-9-7-8-10-15(14)25-16;/h7-11,13H,6,12H2,1-5H3,(H,20,24)(H2,21,22,23);1H. The molecular weight excluding hydrogens is 443 g/mol. The van der Waals surface area contributed by atoms with Gasteiger partial charge in [-0.3, -0.25) is 9.79 Å². The van der Waals surface area contributed by atoms with Crippen LogP contribution in [0.2, 0.25) is 0 Å². The molecule has 26 heavy (non-hydrogen) atoms. The van der Waals surface area contributed by atoms with Crippen LogP contribution in [0.4, 0.5) is 0 Å². The highest BCUT2D eigenvalue weighted by Crippen LogP contribution is 2.23. The predicted molar refractivity (Wildman–Crippen MR) is 117 cm³/mol. The van der Waals surface area contributed by atoms with Crippen molar-refractivity contribution in [3.05, 3.63) is 36.1 Å². The maximum Gasteiger partial charge on any atom is 0.227 e. The smallest absolute Gasteiger partial charge is 0.227 e. The van der Waals surface area contributed by atoms with Crippen LogP contribution in [0.5, 0.6) is 0 Å². The average Bonchev–Trinajstić information content (AvgIpc) is 3.03. The molecule has 7 heteroatoms. The highest BCUT2D eigenvalue weighted by atomic mass is 127. The minimum absolute atomic E-state index is 0. The normalized spacial score (nSPS) is 13.0. The van der Waals surface area contributed by atoms with E-state index in [9.17, 15) is 4.79 Å². The summed E-state index contributed by atoms with van der Waals surface area (Å²) < 4.78 is 5.90. The molecule has 0 radical (unpaired) electrons. The molecule has 0 aliphatic carbocycles. The lowest BCUT2D eigenvalue weighted by molar-refractivity contribution is -0.128. The molecule has 1 heterocycles. The van der Waals surface area contributed by atoms with Crippen LogP contribution in [0.15, 0.2) is 39.7 Å². The molecule has 2 rings (SSSR count). The van der Waals surface area contributed by atoms with Crippen molar-refractivity contribution in [1.82, 2.24) is 16.0 Å². The van der Waals surface area contributed by atoms with Crippen LogP contribution in [0.25, 0.3) is 11.0 Å². The molecule has 1 unspecified atom stereocenters. The number of hydrogen-bond acceptors (Lipinski definition) is 3. The summed E-state index contributed by atoms with van der Waals surface area (Å²) in [5.41, 5.74) is 0.300. The van der Waals surface area contributed by atoms with Crippen molar-refractivity contribution < 1.29 is 9.21 Å². The lowest BCUT2D eigenvalue weighted by Gasteiger charge is -2.22. The summed E-state index contributed by atoms with van der Waals surface area (Å²) >= 11 is 0. The SMILES string of the molecule is CCNC(=NCC(C)(C)C(=O)NC)NC(C)c1cc2ccccc2o1.I. The minimum Gasteiger partial charge on any atom is -0.459 e. The number of para-hydroxylation sites is 1. The zero-order chi connectivity index (χ0) is 18.4. The lowest BCUT2D eigenvalue weighted by atomic mass is 9.93. The third kappa shape index (κ3) is 5.62. The summed E-state index contributed by atoms with van der Waals surface area (Å²) in [4.78, 5) is 16.5. The van der Waals surface area contributed by atoms with Crippen molar-refractivity contribution in [3.8, 4) is 0 Å². The van der Waals surface area contributed by atoms with E-state index >= 15 is 0 Å². The number of rotatable bonds is 6. The average molecular weight is 472 g/mol. The molecule has 0 bridgehead atoms. The van der Waals surface area contributed by atoms with E-state index in [-0.39, 0.29) is 35.9 Å². The van der Waals surface area contributed by atoms with Gasteiger partial charge in [0.2, 0.25) is 5.91 Å². The van der Waals surface area contributed by atoms with Gasteiger partial charge in [-0.25, -0.2) is 0 Å². The van der Waals surface area contributed by atoms with Crippen molar-refractivity contribution in [1.29, 1.82) is 0 Å². The van der Waals surface area contributed by atoms with Crippen LogP contribution in [0, 0.1) is 5.41 Å². The number of nitrogens with zero attached hydrogens (tertiary/aromatic N) is 1. The molecule has 0 aliphatic heterocycles. The quantitative estimate of drug-likeness (QED) is 0.342. The molecule has 6 nitrogen and oxygen atoms in total. The number of hydrogen-bond donors (Lipinski definition) is 3. The van der Waals surface area contributed by atoms with Crippen LogP contribution in [0.1, 0.15) is 39.5 Å². The van der Waals surface area contributed by atoms with Gasteiger partial charge < -0.3 is 20.4 Å². The summed E-state index contributed by atoms with van der Waals surface area (Å²) in [5, 5.41) is 10.3. The lowest BCUT2D eigenvalue weighted by Crippen LogP contribution is -2.41. The number of amides is 1. The zero-order valence-corrected chi connectivity index (χ0v) is 18.4. The first-order valence-electron chi connectivity index (χ1n) is 8.63. The molecule has 0 saturated carbocycles. The Hall–Kier alpha value is -1.77. The Morgan fingerprint density at radius 1 is 1.31 bits per heavy atom. The summed E-state index contributed by atoms with van der Waals surface area (Å²) in [6, 6.07) is 9.92. The topological polar surface area (TPSA) is 78.7 Å². The number of aliphatic imine (C=N–C) groups is 1. The molecule has 3 N–H and O–H groups in total. The third-order valence-corrected chi connectivity index (χ3v) is 4.04. The molecule has 2 aromatic rings. The highest BCUT2D eigenvalue weighted by molar-refractivity contribution is 14.0. The summed E-state index contributed by atoms with van der Waals surface area (Å²) in [5.74, 6) is 1.47. The van der Waals surface area contributed by atoms with Gasteiger partial charge in [0, 0.05) is 19.0 Å². The van der Waals surface area contributed by atoms with Crippen LogP contribution in [-0.2, 0) is 4.79 Å². The molecule has 0 spiro atoms. The minimum atomic E-state index is -0.570. The Labute approximate surface area is 172 Å². The number of carbonyl (C=O) groups excluding carboxylic acids is 1. The molecular formula is C19H29IN4O2. The van der Waals surface area contributed by atoms with Gasteiger partial charge in [-0.2, -0.15) is 0 Å². The van der Waals surface area contributed by atoms with E-state index in [2.05, 4.69) is 20.9 Å². The largest absolute Gasteiger partial charge is 0.459 e. The number of guanidine groups is 1. The number of fused-ring (bicyclic) bond motifs is 1. The highest BCUT2D eigenvalue weighted by Gasteiger charge is 2.26. The first kappa shape index (κ1) is 22.3. The van der Waals surface area contributed by atoms with Crippen LogP contribution in [0.3, 0.4) is 0 Å². The van der Waals surface area contributed by atoms with E-state index < -0.39 is 5.41 Å². The molecule has 0 saturated heterocycles. The summed E-state index contributed by atoms with van der Waals surface area (Å²) in [7, 11) is 1.64. The Morgan fingerprint density at radius 3 is 2.62 bits per heavy atom. The zero-order valence-electron chi connectivity index (χ0n) is 16.1. The number of carbonyl (C=O) groups is 1. The molecule has 1 aromatic heterocycles. The van der Waals surface area contributed by atoms with Gasteiger partial charge >= 0.3 is 0 Å². The second kappa shape index (κ2) is 9.80. The van der Waals surface area contributed by atoms with Crippen LogP contribution < -0.4 is 16.0 Å². The van der Waals surface area contributed by atoms with E-state index in [1.807, 2.05) is 58.0 Å². The molecule has 1 atom stereocenters. The van der Waals surface area contributed by atoms with Gasteiger partial charge in [0.25, 0.3) is 0 Å². The summed E-state index contributed by atoms with van der Waals surface area (Å²) in [6.45, 7) is 8.90. The maximum atomic E-state index is 11.9. The summed E-state index contributed by atoms with van der Waals surface area (Å²) in [6.07, 6.45) is 0. The molecule has 0 fully saturated rings. The maximum absolute atomic E-state index is 11.9. The van der Waals surface area contributed by atoms with Gasteiger partial charge in [-0.15, -0.1) is 24.0 Å². The van der Waals surface area contributed by atoms with E-state index in [1.54, 1.807) is 7.05 Å². The van der Waals surface area contributed by atoms with Gasteiger partial charge in [-0.1, -0.05) is 18.2 Å². The van der Waals surface area contributed by atoms with Crippen LogP contribution in [-0.4, -0.2) is 32.0 Å².